The van der Waals surface area contributed by atoms with E-state index >= 15 is 0 Å². The Hall–Kier alpha value is -3.23. The molecule has 1 saturated heterocycles. The highest BCUT2D eigenvalue weighted by Gasteiger charge is 2.18. The highest BCUT2D eigenvalue weighted by atomic mass is 16.4. The minimum absolute atomic E-state index is 0.942. The van der Waals surface area contributed by atoms with E-state index in [4.69, 9.17) is 24.8 Å². The maximum absolute atomic E-state index is 9.10. The summed E-state index contributed by atoms with van der Waals surface area (Å²) in [6, 6.07) is 16.7. The van der Waals surface area contributed by atoms with E-state index in [0.717, 1.165) is 44.1 Å². The Morgan fingerprint density at radius 1 is 0.964 bits per heavy atom. The number of fused-ring (bicyclic) bond motifs is 1. The van der Waals surface area contributed by atoms with Crippen LogP contribution in [0.1, 0.15) is 5.69 Å². The molecule has 0 bridgehead atoms. The third kappa shape index (κ3) is 4.73. The normalized spacial score (nSPS) is 14.3. The van der Waals surface area contributed by atoms with Gasteiger partial charge in [0.05, 0.1) is 11.4 Å². The fourth-order valence-corrected chi connectivity index (χ4v) is 3.11. The van der Waals surface area contributed by atoms with E-state index < -0.39 is 11.9 Å². The second-order valence-electron chi connectivity index (χ2n) is 6.34. The number of benzene rings is 1. The van der Waals surface area contributed by atoms with Crippen molar-refractivity contribution in [1.82, 2.24) is 19.6 Å². The molecule has 1 aliphatic rings. The molecule has 0 spiro atoms. The van der Waals surface area contributed by atoms with Crippen molar-refractivity contribution in [1.29, 1.82) is 0 Å². The molecular weight excluding hydrogens is 360 g/mol. The number of nitrogens with one attached hydrogen (secondary N) is 1. The first-order valence-electron chi connectivity index (χ1n) is 8.97. The number of hydrogen-bond donors (Lipinski definition) is 3. The van der Waals surface area contributed by atoms with Crippen molar-refractivity contribution < 1.29 is 19.8 Å². The predicted molar refractivity (Wildman–Crippen MR) is 104 cm³/mol. The Bertz CT molecular complexity index is 937. The molecule has 8 nitrogen and oxygen atoms in total. The van der Waals surface area contributed by atoms with Gasteiger partial charge in [-0.3, -0.25) is 4.90 Å². The van der Waals surface area contributed by atoms with E-state index in [-0.39, 0.29) is 0 Å². The fourth-order valence-electron chi connectivity index (χ4n) is 3.11. The zero-order valence-corrected chi connectivity index (χ0v) is 15.3. The van der Waals surface area contributed by atoms with Crippen molar-refractivity contribution in [3.63, 3.8) is 0 Å². The molecule has 1 fully saturated rings. The summed E-state index contributed by atoms with van der Waals surface area (Å²) in [6.45, 7) is 5.26. The van der Waals surface area contributed by atoms with Crippen LogP contribution in [-0.4, -0.2) is 62.6 Å². The zero-order valence-electron chi connectivity index (χ0n) is 15.3. The van der Waals surface area contributed by atoms with E-state index in [2.05, 4.69) is 63.3 Å². The maximum atomic E-state index is 9.10. The molecule has 146 valence electrons. The van der Waals surface area contributed by atoms with Crippen LogP contribution >= 0.6 is 0 Å². The van der Waals surface area contributed by atoms with Gasteiger partial charge in [-0.1, -0.05) is 36.4 Å². The Kier molecular flexibility index (Phi) is 6.36. The van der Waals surface area contributed by atoms with Crippen molar-refractivity contribution in [2.75, 3.05) is 26.2 Å². The second kappa shape index (κ2) is 9.12. The summed E-state index contributed by atoms with van der Waals surface area (Å²) >= 11 is 0. The molecule has 8 heteroatoms. The number of carbonyl (C=O) groups is 2. The first kappa shape index (κ1) is 19.5. The van der Waals surface area contributed by atoms with Gasteiger partial charge < -0.3 is 19.9 Å². The number of rotatable bonds is 3. The number of nitrogens with zero attached hydrogens (tertiary/aromatic N) is 3. The lowest BCUT2D eigenvalue weighted by Crippen LogP contribution is -2.43. The molecule has 4 rings (SSSR count). The largest absolute Gasteiger partial charge is 0.473 e. The van der Waals surface area contributed by atoms with Gasteiger partial charge in [0.15, 0.2) is 0 Å². The Morgan fingerprint density at radius 2 is 1.61 bits per heavy atom. The summed E-state index contributed by atoms with van der Waals surface area (Å²) in [7, 11) is 0. The summed E-state index contributed by atoms with van der Waals surface area (Å²) in [4.78, 5) is 25.6. The van der Waals surface area contributed by atoms with E-state index in [1.54, 1.807) is 0 Å². The molecule has 3 N–H and O–H groups in total. The van der Waals surface area contributed by atoms with Crippen LogP contribution in [-0.2, 0) is 16.1 Å². The smallest absolute Gasteiger partial charge is 0.414 e. The number of carboxylic acids is 2. The number of piperazine rings is 1. The molecule has 1 aliphatic heterocycles. The minimum atomic E-state index is -1.82. The summed E-state index contributed by atoms with van der Waals surface area (Å²) in [5, 5.41) is 18.2. The van der Waals surface area contributed by atoms with Crippen LogP contribution in [0.5, 0.6) is 0 Å². The molecule has 2 aromatic heterocycles. The lowest BCUT2D eigenvalue weighted by molar-refractivity contribution is -0.159. The van der Waals surface area contributed by atoms with Gasteiger partial charge in [0.1, 0.15) is 5.65 Å². The molecular formula is C20H22N4O4. The third-order valence-corrected chi connectivity index (χ3v) is 4.44. The first-order chi connectivity index (χ1) is 13.6. The van der Waals surface area contributed by atoms with Crippen molar-refractivity contribution in [2.45, 2.75) is 6.54 Å². The van der Waals surface area contributed by atoms with Gasteiger partial charge in [-0.05, 0) is 12.1 Å². The minimum Gasteiger partial charge on any atom is -0.473 e. The Labute approximate surface area is 162 Å². The summed E-state index contributed by atoms with van der Waals surface area (Å²) in [5.41, 5.74) is 4.59. The predicted octanol–water partition coefficient (Wildman–Crippen LogP) is 1.56. The van der Waals surface area contributed by atoms with Crippen molar-refractivity contribution in [2.24, 2.45) is 0 Å². The van der Waals surface area contributed by atoms with Gasteiger partial charge in [-0.15, -0.1) is 0 Å². The summed E-state index contributed by atoms with van der Waals surface area (Å²) < 4.78 is 2.23. The zero-order chi connectivity index (χ0) is 19.9. The second-order valence-corrected chi connectivity index (χ2v) is 6.34. The number of pyridine rings is 1. The summed E-state index contributed by atoms with van der Waals surface area (Å²) in [6.07, 6.45) is 2.12. The van der Waals surface area contributed by atoms with E-state index in [0.29, 0.717) is 0 Å². The Balaban J connectivity index is 0.000000330. The van der Waals surface area contributed by atoms with Crippen LogP contribution < -0.4 is 5.32 Å². The van der Waals surface area contributed by atoms with Gasteiger partial charge in [0, 0.05) is 44.5 Å². The number of aliphatic carboxylic acids is 2. The van der Waals surface area contributed by atoms with Crippen LogP contribution in [0.25, 0.3) is 16.9 Å². The van der Waals surface area contributed by atoms with Crippen LogP contribution in [0.15, 0.2) is 54.7 Å². The van der Waals surface area contributed by atoms with E-state index in [1.807, 2.05) is 6.07 Å². The molecule has 0 amide bonds. The molecule has 3 aromatic rings. The Morgan fingerprint density at radius 3 is 2.25 bits per heavy atom. The van der Waals surface area contributed by atoms with Crippen LogP contribution in [0.3, 0.4) is 0 Å². The highest BCUT2D eigenvalue weighted by molar-refractivity contribution is 6.27. The quantitative estimate of drug-likeness (QED) is 0.590. The molecule has 1 aromatic carbocycles. The summed E-state index contributed by atoms with van der Waals surface area (Å²) in [5.74, 6) is -3.65. The lowest BCUT2D eigenvalue weighted by Gasteiger charge is -2.27. The molecule has 0 unspecified atom stereocenters. The van der Waals surface area contributed by atoms with Gasteiger partial charge in [0.2, 0.25) is 0 Å². The standard InChI is InChI=1S/C18H20N4.C2H2O4/c1-2-6-15(7-3-1)18-16(14-21-12-9-19-10-13-21)22-11-5-4-8-17(22)20-18;3-1(4)2(5)6/h1-8,11,19H,9-10,12-14H2;(H,3,4)(H,5,6). The first-order valence-corrected chi connectivity index (χ1v) is 8.97. The molecule has 0 atom stereocenters. The van der Waals surface area contributed by atoms with Crippen molar-refractivity contribution >= 4 is 17.6 Å². The van der Waals surface area contributed by atoms with E-state index in [9.17, 15) is 0 Å². The molecule has 28 heavy (non-hydrogen) atoms. The molecule has 0 aliphatic carbocycles. The number of hydrogen-bond acceptors (Lipinski definition) is 5. The van der Waals surface area contributed by atoms with Crippen molar-refractivity contribution in [3.05, 3.63) is 60.4 Å². The lowest BCUT2D eigenvalue weighted by atomic mass is 10.1. The van der Waals surface area contributed by atoms with Crippen LogP contribution in [0, 0.1) is 0 Å². The average Bonchev–Trinajstić information content (AvgIpc) is 3.08. The van der Waals surface area contributed by atoms with Gasteiger partial charge in [-0.2, -0.15) is 0 Å². The van der Waals surface area contributed by atoms with E-state index in [1.165, 1.54) is 11.3 Å². The topological polar surface area (TPSA) is 107 Å². The van der Waals surface area contributed by atoms with Crippen molar-refractivity contribution in [3.8, 4) is 11.3 Å². The van der Waals surface area contributed by atoms with Crippen LogP contribution in [0.2, 0.25) is 0 Å². The van der Waals surface area contributed by atoms with Gasteiger partial charge in [-0.25, -0.2) is 14.6 Å². The fraction of sp³-hybridized carbons (Fsp3) is 0.250. The highest BCUT2D eigenvalue weighted by Crippen LogP contribution is 2.25. The third-order valence-electron chi connectivity index (χ3n) is 4.44. The van der Waals surface area contributed by atoms with Gasteiger partial charge >= 0.3 is 11.9 Å². The SMILES string of the molecule is O=C(O)C(=O)O.c1ccc(-c2nc3ccccn3c2CN2CCNCC2)cc1. The number of imidazole rings is 1. The average molecular weight is 382 g/mol. The number of carboxylic acid groups (broad SMARTS) is 2. The van der Waals surface area contributed by atoms with Gasteiger partial charge in [0.25, 0.3) is 0 Å². The monoisotopic (exact) mass is 382 g/mol. The maximum Gasteiger partial charge on any atom is 0.414 e. The molecule has 0 saturated carbocycles. The molecule has 0 radical (unpaired) electrons. The number of aromatic nitrogens is 2. The van der Waals surface area contributed by atoms with Crippen LogP contribution in [0.4, 0.5) is 0 Å². The molecule has 3 heterocycles.